The summed E-state index contributed by atoms with van der Waals surface area (Å²) in [7, 11) is 0. The van der Waals surface area contributed by atoms with Crippen LogP contribution in [0.3, 0.4) is 0 Å². The smallest absolute Gasteiger partial charge is 0.326 e. The average Bonchev–Trinajstić information content (AvgIpc) is 2.99. The van der Waals surface area contributed by atoms with Gasteiger partial charge in [0.15, 0.2) is 0 Å². The van der Waals surface area contributed by atoms with Gasteiger partial charge in [-0.1, -0.05) is 23.7 Å². The number of rotatable bonds is 2. The minimum absolute atomic E-state index is 0.0379. The van der Waals surface area contributed by atoms with Crippen LogP contribution in [0, 0.1) is 0 Å². The molecule has 2 heterocycles. The number of aromatic nitrogens is 2. The standard InChI is InChI=1S/C19H17BrClN3O2/c20-15-6-5-12(21)11-14(15)18(25)23-9-7-13(8-10-23)24-17-4-2-1-3-16(17)22-19(24)26/h1-6,11,13H,7-10H2,(H,22,26). The van der Waals surface area contributed by atoms with E-state index in [1.807, 2.05) is 33.7 Å². The van der Waals surface area contributed by atoms with E-state index in [-0.39, 0.29) is 17.6 Å². The number of carbonyl (C=O) groups excluding carboxylic acids is 1. The third-order valence-corrected chi connectivity index (χ3v) is 5.83. The molecule has 1 amide bonds. The van der Waals surface area contributed by atoms with Gasteiger partial charge in [-0.25, -0.2) is 4.79 Å². The van der Waals surface area contributed by atoms with Gasteiger partial charge in [-0.2, -0.15) is 0 Å². The third kappa shape index (κ3) is 3.08. The first-order valence-corrected chi connectivity index (χ1v) is 9.65. The van der Waals surface area contributed by atoms with E-state index in [1.165, 1.54) is 0 Å². The molecule has 5 nitrogen and oxygen atoms in total. The van der Waals surface area contributed by atoms with Crippen LogP contribution in [0.4, 0.5) is 0 Å². The van der Waals surface area contributed by atoms with Crippen molar-refractivity contribution in [1.29, 1.82) is 0 Å². The lowest BCUT2D eigenvalue weighted by molar-refractivity contribution is 0.0694. The zero-order chi connectivity index (χ0) is 18.3. The zero-order valence-corrected chi connectivity index (χ0v) is 16.3. The molecule has 1 fully saturated rings. The number of nitrogens with zero attached hydrogens (tertiary/aromatic N) is 2. The maximum Gasteiger partial charge on any atom is 0.326 e. The minimum atomic E-state index is -0.0893. The van der Waals surface area contributed by atoms with Crippen molar-refractivity contribution < 1.29 is 4.79 Å². The highest BCUT2D eigenvalue weighted by molar-refractivity contribution is 9.10. The summed E-state index contributed by atoms with van der Waals surface area (Å²) in [5, 5.41) is 0.539. The van der Waals surface area contributed by atoms with Crippen LogP contribution in [0.2, 0.25) is 5.02 Å². The Kier molecular flexibility index (Phi) is 4.63. The van der Waals surface area contributed by atoms with Crippen molar-refractivity contribution in [3.63, 3.8) is 0 Å². The molecule has 1 N–H and O–H groups in total. The van der Waals surface area contributed by atoms with Gasteiger partial charge in [-0.3, -0.25) is 9.36 Å². The van der Waals surface area contributed by atoms with Crippen molar-refractivity contribution in [1.82, 2.24) is 14.5 Å². The van der Waals surface area contributed by atoms with Crippen LogP contribution in [0.15, 0.2) is 51.7 Å². The van der Waals surface area contributed by atoms with Crippen LogP contribution >= 0.6 is 27.5 Å². The summed E-state index contributed by atoms with van der Waals surface area (Å²) in [5.74, 6) is -0.0379. The van der Waals surface area contributed by atoms with E-state index in [4.69, 9.17) is 11.6 Å². The van der Waals surface area contributed by atoms with Gasteiger partial charge in [-0.15, -0.1) is 0 Å². The summed E-state index contributed by atoms with van der Waals surface area (Å²) >= 11 is 9.45. The van der Waals surface area contributed by atoms with Crippen molar-refractivity contribution in [3.8, 4) is 0 Å². The lowest BCUT2D eigenvalue weighted by atomic mass is 10.0. The molecule has 4 rings (SSSR count). The van der Waals surface area contributed by atoms with Crippen LogP contribution in [0.1, 0.15) is 29.2 Å². The summed E-state index contributed by atoms with van der Waals surface area (Å²) < 4.78 is 2.56. The minimum Gasteiger partial charge on any atom is -0.338 e. The molecule has 7 heteroatoms. The maximum atomic E-state index is 12.8. The van der Waals surface area contributed by atoms with E-state index in [0.29, 0.717) is 23.7 Å². The molecular weight excluding hydrogens is 418 g/mol. The summed E-state index contributed by atoms with van der Waals surface area (Å²) in [4.78, 5) is 29.9. The van der Waals surface area contributed by atoms with Gasteiger partial charge in [0.1, 0.15) is 0 Å². The second kappa shape index (κ2) is 6.93. The fraction of sp³-hybridized carbons (Fsp3) is 0.263. The van der Waals surface area contributed by atoms with E-state index < -0.39 is 0 Å². The highest BCUT2D eigenvalue weighted by Crippen LogP contribution is 2.28. The lowest BCUT2D eigenvalue weighted by Gasteiger charge is -2.32. The fourth-order valence-electron chi connectivity index (χ4n) is 3.60. The van der Waals surface area contributed by atoms with Gasteiger partial charge in [0.05, 0.1) is 16.6 Å². The Hall–Kier alpha value is -2.05. The van der Waals surface area contributed by atoms with Crippen molar-refractivity contribution >= 4 is 44.5 Å². The van der Waals surface area contributed by atoms with Gasteiger partial charge >= 0.3 is 5.69 Å². The molecule has 3 aromatic rings. The summed E-state index contributed by atoms with van der Waals surface area (Å²) in [6, 6.07) is 13.0. The van der Waals surface area contributed by atoms with Gasteiger partial charge in [0, 0.05) is 28.6 Å². The first-order valence-electron chi connectivity index (χ1n) is 8.48. The van der Waals surface area contributed by atoms with E-state index in [0.717, 1.165) is 28.3 Å². The Morgan fingerprint density at radius 2 is 1.88 bits per heavy atom. The number of nitrogens with one attached hydrogen (secondary N) is 1. The zero-order valence-electron chi connectivity index (χ0n) is 13.9. The van der Waals surface area contributed by atoms with Crippen LogP contribution in [0.5, 0.6) is 0 Å². The molecule has 2 aromatic carbocycles. The molecule has 0 atom stereocenters. The quantitative estimate of drug-likeness (QED) is 0.656. The summed E-state index contributed by atoms with van der Waals surface area (Å²) in [5.41, 5.74) is 2.24. The molecule has 0 radical (unpaired) electrons. The lowest BCUT2D eigenvalue weighted by Crippen LogP contribution is -2.40. The number of H-pyrrole nitrogens is 1. The van der Waals surface area contributed by atoms with Crippen molar-refractivity contribution in [2.75, 3.05) is 13.1 Å². The number of carbonyl (C=O) groups is 1. The third-order valence-electron chi connectivity index (χ3n) is 4.90. The molecule has 134 valence electrons. The molecule has 1 saturated heterocycles. The number of halogens is 2. The molecule has 26 heavy (non-hydrogen) atoms. The number of hydrogen-bond acceptors (Lipinski definition) is 2. The fourth-order valence-corrected chi connectivity index (χ4v) is 4.18. The molecule has 0 bridgehead atoms. The number of piperidine rings is 1. The predicted molar refractivity (Wildman–Crippen MR) is 106 cm³/mol. The largest absolute Gasteiger partial charge is 0.338 e. The molecule has 1 aliphatic heterocycles. The van der Waals surface area contributed by atoms with Gasteiger partial charge in [0.2, 0.25) is 0 Å². The molecule has 0 spiro atoms. The normalized spacial score (nSPS) is 15.5. The van der Waals surface area contributed by atoms with Crippen molar-refractivity contribution in [2.24, 2.45) is 0 Å². The summed E-state index contributed by atoms with van der Waals surface area (Å²) in [6.45, 7) is 1.21. The van der Waals surface area contributed by atoms with E-state index in [1.54, 1.807) is 18.2 Å². The Morgan fingerprint density at radius 3 is 2.65 bits per heavy atom. The monoisotopic (exact) mass is 433 g/mol. The number of aromatic amines is 1. The first-order chi connectivity index (χ1) is 12.5. The molecule has 1 aromatic heterocycles. The van der Waals surface area contributed by atoms with E-state index in [2.05, 4.69) is 20.9 Å². The number of fused-ring (bicyclic) bond motifs is 1. The second-order valence-corrected chi connectivity index (χ2v) is 7.76. The first kappa shape index (κ1) is 17.4. The van der Waals surface area contributed by atoms with Crippen LogP contribution in [0.25, 0.3) is 11.0 Å². The topological polar surface area (TPSA) is 58.1 Å². The number of likely N-dealkylation sites (tertiary alicyclic amines) is 1. The van der Waals surface area contributed by atoms with Crippen LogP contribution < -0.4 is 5.69 Å². The SMILES string of the molecule is O=C(c1cc(Cl)ccc1Br)N1CCC(n2c(=O)[nH]c3ccccc32)CC1. The Labute approximate surface area is 163 Å². The molecule has 0 unspecified atom stereocenters. The highest BCUT2D eigenvalue weighted by atomic mass is 79.9. The number of imidazole rings is 1. The Balaban J connectivity index is 1.54. The van der Waals surface area contributed by atoms with E-state index in [9.17, 15) is 9.59 Å². The number of hydrogen-bond donors (Lipinski definition) is 1. The average molecular weight is 435 g/mol. The predicted octanol–water partition coefficient (Wildman–Crippen LogP) is 4.22. The van der Waals surface area contributed by atoms with Crippen molar-refractivity contribution in [3.05, 3.63) is 68.0 Å². The van der Waals surface area contributed by atoms with Crippen LogP contribution in [-0.4, -0.2) is 33.4 Å². The number of para-hydroxylation sites is 2. The molecule has 1 aliphatic rings. The Morgan fingerprint density at radius 1 is 1.15 bits per heavy atom. The second-order valence-electron chi connectivity index (χ2n) is 6.46. The van der Waals surface area contributed by atoms with Gasteiger partial charge < -0.3 is 9.88 Å². The van der Waals surface area contributed by atoms with Crippen LogP contribution in [-0.2, 0) is 0 Å². The maximum absolute atomic E-state index is 12.8. The Bertz CT molecular complexity index is 1030. The summed E-state index contributed by atoms with van der Waals surface area (Å²) in [6.07, 6.45) is 1.48. The molecular formula is C19H17BrClN3O2. The van der Waals surface area contributed by atoms with Gasteiger partial charge in [-0.05, 0) is 59.1 Å². The highest BCUT2D eigenvalue weighted by Gasteiger charge is 2.27. The number of benzene rings is 2. The number of amides is 1. The molecule has 0 saturated carbocycles. The molecule has 0 aliphatic carbocycles. The van der Waals surface area contributed by atoms with Gasteiger partial charge in [0.25, 0.3) is 5.91 Å². The van der Waals surface area contributed by atoms with E-state index >= 15 is 0 Å². The van der Waals surface area contributed by atoms with Crippen molar-refractivity contribution in [2.45, 2.75) is 18.9 Å².